The van der Waals surface area contributed by atoms with Crippen molar-refractivity contribution >= 4 is 21.6 Å². The van der Waals surface area contributed by atoms with Gasteiger partial charge >= 0.3 is 0 Å². The fourth-order valence-corrected chi connectivity index (χ4v) is 5.45. The van der Waals surface area contributed by atoms with Crippen molar-refractivity contribution in [2.45, 2.75) is 32.7 Å². The maximum atomic E-state index is 6.29. The molecule has 146 valence electrons. The van der Waals surface area contributed by atoms with Crippen molar-refractivity contribution in [1.82, 2.24) is 14.9 Å². The van der Waals surface area contributed by atoms with E-state index in [1.807, 2.05) is 41.7 Å². The Balaban J connectivity index is 1.56. The van der Waals surface area contributed by atoms with Gasteiger partial charge in [-0.15, -0.1) is 11.3 Å². The number of fused-ring (bicyclic) bond motifs is 3. The van der Waals surface area contributed by atoms with Crippen LogP contribution in [0.25, 0.3) is 10.2 Å². The number of aromatic nitrogens is 2. The summed E-state index contributed by atoms with van der Waals surface area (Å²) < 4.78 is 11.8. The van der Waals surface area contributed by atoms with Crippen LogP contribution in [-0.2, 0) is 24.1 Å². The van der Waals surface area contributed by atoms with E-state index in [2.05, 4.69) is 11.8 Å². The Kier molecular flexibility index (Phi) is 5.01. The second-order valence-corrected chi connectivity index (χ2v) is 8.86. The van der Waals surface area contributed by atoms with Gasteiger partial charge in [0.1, 0.15) is 16.4 Å². The molecule has 2 aliphatic rings. The van der Waals surface area contributed by atoms with Gasteiger partial charge in [-0.1, -0.05) is 25.1 Å². The molecule has 1 aromatic carbocycles. The molecule has 0 N–H and O–H groups in total. The average Bonchev–Trinajstić information content (AvgIpc) is 3.07. The fraction of sp³-hybridized carbons (Fsp3) is 0.455. The number of rotatable bonds is 4. The van der Waals surface area contributed by atoms with Gasteiger partial charge in [0.25, 0.3) is 0 Å². The van der Waals surface area contributed by atoms with Gasteiger partial charge in [0.2, 0.25) is 5.88 Å². The highest BCUT2D eigenvalue weighted by atomic mass is 32.1. The van der Waals surface area contributed by atoms with E-state index in [0.29, 0.717) is 5.88 Å². The first-order valence-corrected chi connectivity index (χ1v) is 10.9. The molecule has 5 nitrogen and oxygen atoms in total. The Morgan fingerprint density at radius 3 is 2.82 bits per heavy atom. The van der Waals surface area contributed by atoms with E-state index in [-0.39, 0.29) is 0 Å². The zero-order valence-electron chi connectivity index (χ0n) is 16.2. The zero-order chi connectivity index (χ0) is 18.9. The molecule has 3 aromatic rings. The Labute approximate surface area is 169 Å². The second kappa shape index (κ2) is 7.78. The van der Waals surface area contributed by atoms with E-state index in [0.717, 1.165) is 73.4 Å². The van der Waals surface area contributed by atoms with Crippen molar-refractivity contribution in [3.05, 3.63) is 46.6 Å². The van der Waals surface area contributed by atoms with Crippen LogP contribution in [0.1, 0.15) is 29.6 Å². The van der Waals surface area contributed by atoms with Crippen molar-refractivity contribution in [2.24, 2.45) is 5.92 Å². The van der Waals surface area contributed by atoms with Gasteiger partial charge in [-0.2, -0.15) is 4.98 Å². The number of benzene rings is 1. The Bertz CT molecular complexity index is 967. The van der Waals surface area contributed by atoms with Crippen LogP contribution in [-0.4, -0.2) is 41.2 Å². The lowest BCUT2D eigenvalue weighted by Crippen LogP contribution is -2.36. The molecule has 1 saturated heterocycles. The maximum Gasteiger partial charge on any atom is 0.231 e. The van der Waals surface area contributed by atoms with Gasteiger partial charge < -0.3 is 9.47 Å². The first-order chi connectivity index (χ1) is 13.8. The molecule has 5 rings (SSSR count). The number of nitrogens with zero attached hydrogens (tertiary/aromatic N) is 3. The number of aryl methyl sites for hydroxylation is 1. The van der Waals surface area contributed by atoms with Crippen molar-refractivity contribution in [3.8, 4) is 11.6 Å². The summed E-state index contributed by atoms with van der Waals surface area (Å²) in [6.07, 6.45) is 3.45. The molecule has 6 heteroatoms. The van der Waals surface area contributed by atoms with Gasteiger partial charge in [-0.3, -0.25) is 4.90 Å². The summed E-state index contributed by atoms with van der Waals surface area (Å²) in [5.74, 6) is 3.11. The molecule has 0 bridgehead atoms. The largest absolute Gasteiger partial charge is 0.438 e. The molecule has 0 amide bonds. The minimum Gasteiger partial charge on any atom is -0.438 e. The lowest BCUT2D eigenvalue weighted by Gasteiger charge is -2.25. The third kappa shape index (κ3) is 3.64. The number of hydrogen-bond acceptors (Lipinski definition) is 6. The van der Waals surface area contributed by atoms with Gasteiger partial charge in [0.05, 0.1) is 25.1 Å². The van der Waals surface area contributed by atoms with Crippen LogP contribution in [0, 0.1) is 5.92 Å². The summed E-state index contributed by atoms with van der Waals surface area (Å²) in [6, 6.07) is 9.95. The molecule has 1 aliphatic heterocycles. The minimum atomic E-state index is 0.714. The highest BCUT2D eigenvalue weighted by molar-refractivity contribution is 7.18. The quantitative estimate of drug-likeness (QED) is 0.654. The summed E-state index contributed by atoms with van der Waals surface area (Å²) in [4.78, 5) is 14.7. The molecule has 0 unspecified atom stereocenters. The number of ether oxygens (including phenoxy) is 2. The van der Waals surface area contributed by atoms with Crippen molar-refractivity contribution < 1.29 is 9.47 Å². The Morgan fingerprint density at radius 1 is 1.18 bits per heavy atom. The predicted molar refractivity (Wildman–Crippen MR) is 111 cm³/mol. The topological polar surface area (TPSA) is 47.5 Å². The van der Waals surface area contributed by atoms with Crippen LogP contribution in [0.2, 0.25) is 0 Å². The number of thiophene rings is 1. The van der Waals surface area contributed by atoms with Gasteiger partial charge in [0.15, 0.2) is 0 Å². The number of morpholine rings is 1. The SMILES string of the molecule is C[C@H]1CCc2c(sc3nc(CN4CCOCC4)nc(Oc4ccccc4)c23)C1. The van der Waals surface area contributed by atoms with E-state index < -0.39 is 0 Å². The maximum absolute atomic E-state index is 6.29. The van der Waals surface area contributed by atoms with Crippen LogP contribution < -0.4 is 4.74 Å². The lowest BCUT2D eigenvalue weighted by atomic mass is 9.89. The Hall–Kier alpha value is -2.02. The van der Waals surface area contributed by atoms with Crippen LogP contribution in [0.5, 0.6) is 11.6 Å². The standard InChI is InChI=1S/C22H25N3O2S/c1-15-7-8-17-18(13-15)28-22-20(17)21(27-16-5-3-2-4-6-16)23-19(24-22)14-25-9-11-26-12-10-25/h2-6,15H,7-14H2,1H3/t15-/m0/s1. The Morgan fingerprint density at radius 2 is 2.00 bits per heavy atom. The molecule has 1 atom stereocenters. The highest BCUT2D eigenvalue weighted by Gasteiger charge is 2.25. The fourth-order valence-electron chi connectivity index (χ4n) is 4.06. The van der Waals surface area contributed by atoms with Crippen molar-refractivity contribution in [3.63, 3.8) is 0 Å². The highest BCUT2D eigenvalue weighted by Crippen LogP contribution is 2.41. The van der Waals surface area contributed by atoms with Crippen LogP contribution in [0.3, 0.4) is 0 Å². The van der Waals surface area contributed by atoms with Crippen LogP contribution in [0.15, 0.2) is 30.3 Å². The normalized spacial score (nSPS) is 20.2. The van der Waals surface area contributed by atoms with E-state index >= 15 is 0 Å². The molecule has 0 spiro atoms. The minimum absolute atomic E-state index is 0.714. The first-order valence-electron chi connectivity index (χ1n) is 10.1. The van der Waals surface area contributed by atoms with E-state index in [4.69, 9.17) is 19.4 Å². The molecule has 0 saturated carbocycles. The molecule has 2 aromatic heterocycles. The smallest absolute Gasteiger partial charge is 0.231 e. The molecule has 1 aliphatic carbocycles. The van der Waals surface area contributed by atoms with Crippen molar-refractivity contribution in [2.75, 3.05) is 26.3 Å². The monoisotopic (exact) mass is 395 g/mol. The first kappa shape index (κ1) is 18.0. The van der Waals surface area contributed by atoms with Crippen molar-refractivity contribution in [1.29, 1.82) is 0 Å². The molecular formula is C22H25N3O2S. The number of hydrogen-bond donors (Lipinski definition) is 0. The van der Waals surface area contributed by atoms with E-state index in [9.17, 15) is 0 Å². The summed E-state index contributed by atoms with van der Waals surface area (Å²) in [5.41, 5.74) is 1.40. The third-order valence-electron chi connectivity index (χ3n) is 5.59. The van der Waals surface area contributed by atoms with E-state index in [1.165, 1.54) is 16.9 Å². The average molecular weight is 396 g/mol. The van der Waals surface area contributed by atoms with Gasteiger partial charge in [-0.25, -0.2) is 4.98 Å². The summed E-state index contributed by atoms with van der Waals surface area (Å²) >= 11 is 1.83. The molecular weight excluding hydrogens is 370 g/mol. The van der Waals surface area contributed by atoms with Crippen LogP contribution >= 0.6 is 11.3 Å². The number of para-hydroxylation sites is 1. The molecule has 28 heavy (non-hydrogen) atoms. The van der Waals surface area contributed by atoms with Gasteiger partial charge in [-0.05, 0) is 42.9 Å². The zero-order valence-corrected chi connectivity index (χ0v) is 17.0. The summed E-state index contributed by atoms with van der Waals surface area (Å²) in [5, 5.41) is 1.13. The van der Waals surface area contributed by atoms with Crippen LogP contribution in [0.4, 0.5) is 0 Å². The second-order valence-electron chi connectivity index (χ2n) is 7.78. The summed E-state index contributed by atoms with van der Waals surface area (Å²) in [7, 11) is 0. The third-order valence-corrected chi connectivity index (χ3v) is 6.74. The van der Waals surface area contributed by atoms with Gasteiger partial charge in [0, 0.05) is 18.0 Å². The molecule has 0 radical (unpaired) electrons. The van der Waals surface area contributed by atoms with E-state index in [1.54, 1.807) is 0 Å². The molecule has 3 heterocycles. The lowest BCUT2D eigenvalue weighted by molar-refractivity contribution is 0.0330. The molecule has 1 fully saturated rings. The predicted octanol–water partition coefficient (Wildman–Crippen LogP) is 4.44. The summed E-state index contributed by atoms with van der Waals surface area (Å²) in [6.45, 7) is 6.48.